The van der Waals surface area contributed by atoms with Crippen molar-refractivity contribution >= 4 is 0 Å². The molecule has 22 heavy (non-hydrogen) atoms. The number of rotatable bonds is 5. The molecule has 2 heteroatoms. The molecule has 118 valence electrons. The summed E-state index contributed by atoms with van der Waals surface area (Å²) in [7, 11) is 1.74. The van der Waals surface area contributed by atoms with Crippen molar-refractivity contribution in [2.75, 3.05) is 7.11 Å². The Kier molecular flexibility index (Phi) is 5.25. The first-order valence-electron chi connectivity index (χ1n) is 8.02. The molecule has 0 aliphatic rings. The third-order valence-electron chi connectivity index (χ3n) is 4.29. The van der Waals surface area contributed by atoms with E-state index in [1.54, 1.807) is 7.11 Å². The van der Waals surface area contributed by atoms with Gasteiger partial charge in [0.05, 0.1) is 7.11 Å². The largest absolute Gasteiger partial charge is 0.496 e. The summed E-state index contributed by atoms with van der Waals surface area (Å²) in [6.45, 7) is 8.63. The number of hydrogen-bond donors (Lipinski definition) is 1. The molecule has 0 radical (unpaired) electrons. The van der Waals surface area contributed by atoms with Crippen molar-refractivity contribution in [3.05, 3.63) is 53.1 Å². The van der Waals surface area contributed by atoms with Gasteiger partial charge in [-0.1, -0.05) is 45.0 Å². The van der Waals surface area contributed by atoms with Crippen LogP contribution < -0.4 is 10.5 Å². The summed E-state index contributed by atoms with van der Waals surface area (Å²) < 4.78 is 5.53. The highest BCUT2D eigenvalue weighted by atomic mass is 16.5. The molecular weight excluding hydrogens is 270 g/mol. The fourth-order valence-electron chi connectivity index (χ4n) is 2.78. The van der Waals surface area contributed by atoms with E-state index in [4.69, 9.17) is 10.5 Å². The van der Waals surface area contributed by atoms with Crippen molar-refractivity contribution in [3.8, 4) is 16.9 Å². The van der Waals surface area contributed by atoms with Gasteiger partial charge in [-0.25, -0.2) is 0 Å². The lowest BCUT2D eigenvalue weighted by Crippen LogP contribution is -2.08. The maximum absolute atomic E-state index is 6.10. The number of methoxy groups -OCH3 is 1. The molecule has 2 aromatic carbocycles. The van der Waals surface area contributed by atoms with Gasteiger partial charge < -0.3 is 10.5 Å². The van der Waals surface area contributed by atoms with Gasteiger partial charge >= 0.3 is 0 Å². The average Bonchev–Trinajstić information content (AvgIpc) is 2.53. The summed E-state index contributed by atoms with van der Waals surface area (Å²) in [5, 5.41) is 0. The van der Waals surface area contributed by atoms with Gasteiger partial charge in [0, 0.05) is 6.04 Å². The number of aryl methyl sites for hydroxylation is 1. The molecule has 0 heterocycles. The van der Waals surface area contributed by atoms with Crippen molar-refractivity contribution in [1.82, 2.24) is 0 Å². The lowest BCUT2D eigenvalue weighted by molar-refractivity contribution is 0.407. The summed E-state index contributed by atoms with van der Waals surface area (Å²) in [5.41, 5.74) is 12.3. The smallest absolute Gasteiger partial charge is 0.122 e. The lowest BCUT2D eigenvalue weighted by atomic mass is 9.92. The Hall–Kier alpha value is -1.80. The van der Waals surface area contributed by atoms with Crippen LogP contribution in [-0.4, -0.2) is 7.11 Å². The molecular formula is C20H27NO. The second-order valence-corrected chi connectivity index (χ2v) is 6.20. The van der Waals surface area contributed by atoms with Gasteiger partial charge in [0.2, 0.25) is 0 Å². The normalized spacial score (nSPS) is 12.5. The molecule has 2 N–H and O–H groups in total. The highest BCUT2D eigenvalue weighted by Gasteiger charge is 2.12. The minimum absolute atomic E-state index is 0.122. The molecule has 0 aromatic heterocycles. The summed E-state index contributed by atoms with van der Waals surface area (Å²) in [6, 6.07) is 13.1. The van der Waals surface area contributed by atoms with Gasteiger partial charge in [-0.15, -0.1) is 0 Å². The molecule has 0 aliphatic carbocycles. The maximum atomic E-state index is 6.10. The molecule has 2 rings (SSSR count). The molecule has 0 saturated heterocycles. The quantitative estimate of drug-likeness (QED) is 0.822. The summed E-state index contributed by atoms with van der Waals surface area (Å²) in [5.74, 6) is 1.41. The van der Waals surface area contributed by atoms with E-state index in [0.717, 1.165) is 12.2 Å². The van der Waals surface area contributed by atoms with Crippen molar-refractivity contribution in [2.45, 2.75) is 46.1 Å². The van der Waals surface area contributed by atoms with E-state index >= 15 is 0 Å². The van der Waals surface area contributed by atoms with Gasteiger partial charge in [0.15, 0.2) is 0 Å². The summed E-state index contributed by atoms with van der Waals surface area (Å²) in [4.78, 5) is 0. The highest BCUT2D eigenvalue weighted by molar-refractivity contribution is 5.70. The molecule has 1 unspecified atom stereocenters. The van der Waals surface area contributed by atoms with Crippen LogP contribution in [0, 0.1) is 6.92 Å². The summed E-state index contributed by atoms with van der Waals surface area (Å²) in [6.07, 6.45) is 0.957. The van der Waals surface area contributed by atoms with E-state index < -0.39 is 0 Å². The second-order valence-electron chi connectivity index (χ2n) is 6.20. The molecule has 2 aromatic rings. The van der Waals surface area contributed by atoms with Crippen LogP contribution in [0.5, 0.6) is 5.75 Å². The van der Waals surface area contributed by atoms with Crippen LogP contribution >= 0.6 is 0 Å². The number of benzene rings is 2. The Morgan fingerprint density at radius 2 is 1.73 bits per heavy atom. The fraction of sp³-hybridized carbons (Fsp3) is 0.400. The van der Waals surface area contributed by atoms with Gasteiger partial charge in [-0.3, -0.25) is 0 Å². The zero-order chi connectivity index (χ0) is 16.3. The molecule has 0 amide bonds. The molecule has 0 saturated carbocycles. The first-order chi connectivity index (χ1) is 10.5. The first-order valence-corrected chi connectivity index (χ1v) is 8.02. The molecule has 2 nitrogen and oxygen atoms in total. The molecule has 1 atom stereocenters. The number of ether oxygens (including phenoxy) is 1. The van der Waals surface area contributed by atoms with E-state index in [9.17, 15) is 0 Å². The number of nitrogens with two attached hydrogens (primary N) is 1. The van der Waals surface area contributed by atoms with Crippen LogP contribution in [0.4, 0.5) is 0 Å². The fourth-order valence-corrected chi connectivity index (χ4v) is 2.78. The zero-order valence-corrected chi connectivity index (χ0v) is 14.3. The first kappa shape index (κ1) is 16.6. The van der Waals surface area contributed by atoms with Crippen molar-refractivity contribution < 1.29 is 4.74 Å². The lowest BCUT2D eigenvalue weighted by Gasteiger charge is -2.17. The average molecular weight is 297 g/mol. The minimum atomic E-state index is 0.122. The number of hydrogen-bond acceptors (Lipinski definition) is 2. The standard InChI is InChI=1S/C20H27NO/c1-6-19(21)16-9-7-15(8-10-16)18-12-17(13(2)3)20(22-5)11-14(18)4/h7-13,19H,6,21H2,1-5H3. The third kappa shape index (κ3) is 3.33. The molecule has 0 bridgehead atoms. The zero-order valence-electron chi connectivity index (χ0n) is 14.3. The van der Waals surface area contributed by atoms with Crippen LogP contribution in [0.1, 0.15) is 55.8 Å². The maximum Gasteiger partial charge on any atom is 0.122 e. The van der Waals surface area contributed by atoms with Gasteiger partial charge in [0.25, 0.3) is 0 Å². The van der Waals surface area contributed by atoms with Crippen LogP contribution in [0.3, 0.4) is 0 Å². The van der Waals surface area contributed by atoms with Crippen molar-refractivity contribution in [3.63, 3.8) is 0 Å². The molecule has 0 spiro atoms. The monoisotopic (exact) mass is 297 g/mol. The molecule has 0 aliphatic heterocycles. The van der Waals surface area contributed by atoms with Crippen molar-refractivity contribution in [1.29, 1.82) is 0 Å². The topological polar surface area (TPSA) is 35.2 Å². The van der Waals surface area contributed by atoms with E-state index in [2.05, 4.69) is 64.1 Å². The SMILES string of the molecule is CCC(N)c1ccc(-c2cc(C(C)C)c(OC)cc2C)cc1. The van der Waals surface area contributed by atoms with Crippen LogP contribution in [-0.2, 0) is 0 Å². The Balaban J connectivity index is 2.46. The van der Waals surface area contributed by atoms with Gasteiger partial charge in [-0.2, -0.15) is 0 Å². The predicted molar refractivity (Wildman–Crippen MR) is 94.5 cm³/mol. The second kappa shape index (κ2) is 6.97. The summed E-state index contributed by atoms with van der Waals surface area (Å²) >= 11 is 0. The predicted octanol–water partition coefficient (Wildman–Crippen LogP) is 5.20. The van der Waals surface area contributed by atoms with Gasteiger partial charge in [-0.05, 0) is 59.2 Å². The van der Waals surface area contributed by atoms with Gasteiger partial charge in [0.1, 0.15) is 5.75 Å². The van der Waals surface area contributed by atoms with Crippen LogP contribution in [0.15, 0.2) is 36.4 Å². The van der Waals surface area contributed by atoms with Crippen LogP contribution in [0.2, 0.25) is 0 Å². The third-order valence-corrected chi connectivity index (χ3v) is 4.29. The Bertz CT molecular complexity index is 629. The van der Waals surface area contributed by atoms with E-state index in [0.29, 0.717) is 5.92 Å². The van der Waals surface area contributed by atoms with E-state index in [1.165, 1.54) is 27.8 Å². The minimum Gasteiger partial charge on any atom is -0.496 e. The Morgan fingerprint density at radius 3 is 2.23 bits per heavy atom. The van der Waals surface area contributed by atoms with E-state index in [-0.39, 0.29) is 6.04 Å². The Morgan fingerprint density at radius 1 is 1.09 bits per heavy atom. The Labute approximate surface area is 134 Å². The van der Waals surface area contributed by atoms with Crippen LogP contribution in [0.25, 0.3) is 11.1 Å². The highest BCUT2D eigenvalue weighted by Crippen LogP contribution is 2.34. The van der Waals surface area contributed by atoms with E-state index in [1.807, 2.05) is 0 Å². The molecule has 0 fully saturated rings. The van der Waals surface area contributed by atoms with Crippen molar-refractivity contribution in [2.24, 2.45) is 5.73 Å².